The van der Waals surface area contributed by atoms with Gasteiger partial charge in [-0.3, -0.25) is 14.5 Å². The van der Waals surface area contributed by atoms with Gasteiger partial charge in [0, 0.05) is 19.6 Å². The first-order valence-electron chi connectivity index (χ1n) is 8.80. The molecule has 0 radical (unpaired) electrons. The van der Waals surface area contributed by atoms with E-state index >= 15 is 0 Å². The van der Waals surface area contributed by atoms with Crippen molar-refractivity contribution in [1.82, 2.24) is 10.2 Å². The fourth-order valence-electron chi connectivity index (χ4n) is 2.82. The summed E-state index contributed by atoms with van der Waals surface area (Å²) < 4.78 is 5.67. The molecule has 2 N–H and O–H groups in total. The van der Waals surface area contributed by atoms with Gasteiger partial charge in [0.15, 0.2) is 0 Å². The van der Waals surface area contributed by atoms with Crippen LogP contribution >= 0.6 is 0 Å². The number of carbonyl (C=O) groups is 2. The van der Waals surface area contributed by atoms with Crippen molar-refractivity contribution in [2.75, 3.05) is 38.1 Å². The Labute approximate surface area is 149 Å². The highest BCUT2D eigenvalue weighted by atomic mass is 16.5. The van der Waals surface area contributed by atoms with Crippen molar-refractivity contribution < 1.29 is 14.3 Å². The number of nitrogens with one attached hydrogen (secondary N) is 2. The number of ether oxygens (including phenoxy) is 1. The summed E-state index contributed by atoms with van der Waals surface area (Å²) in [4.78, 5) is 26.8. The van der Waals surface area contributed by atoms with Crippen molar-refractivity contribution >= 4 is 17.5 Å². The van der Waals surface area contributed by atoms with Crippen LogP contribution in [0.15, 0.2) is 24.3 Å². The number of morpholine rings is 1. The van der Waals surface area contributed by atoms with E-state index in [1.165, 1.54) is 0 Å². The van der Waals surface area contributed by atoms with E-state index in [1.54, 1.807) is 18.2 Å². The van der Waals surface area contributed by atoms with Crippen molar-refractivity contribution in [3.05, 3.63) is 29.8 Å². The summed E-state index contributed by atoms with van der Waals surface area (Å²) in [7, 11) is 0. The first-order valence-corrected chi connectivity index (χ1v) is 8.80. The maximum Gasteiger partial charge on any atom is 0.253 e. The summed E-state index contributed by atoms with van der Waals surface area (Å²) in [6.07, 6.45) is 0. The van der Waals surface area contributed by atoms with E-state index < -0.39 is 0 Å². The minimum absolute atomic E-state index is 0.123. The van der Waals surface area contributed by atoms with Gasteiger partial charge in [0.25, 0.3) is 5.91 Å². The minimum Gasteiger partial charge on any atom is -0.373 e. The Balaban J connectivity index is 1.97. The van der Waals surface area contributed by atoms with E-state index in [0.29, 0.717) is 36.9 Å². The minimum atomic E-state index is -0.243. The second-order valence-corrected chi connectivity index (χ2v) is 7.52. The lowest BCUT2D eigenvalue weighted by atomic mass is 10.1. The summed E-state index contributed by atoms with van der Waals surface area (Å²) in [5.74, 6) is 0.0780. The normalized spacial score (nSPS) is 17.3. The molecule has 2 amide bonds. The van der Waals surface area contributed by atoms with Crippen molar-refractivity contribution in [3.63, 3.8) is 0 Å². The van der Waals surface area contributed by atoms with Crippen LogP contribution in [0, 0.1) is 5.92 Å². The van der Waals surface area contributed by atoms with Gasteiger partial charge < -0.3 is 15.4 Å². The topological polar surface area (TPSA) is 70.7 Å². The molecule has 1 heterocycles. The van der Waals surface area contributed by atoms with Crippen LogP contribution in [-0.2, 0) is 9.53 Å². The molecule has 0 atom stereocenters. The van der Waals surface area contributed by atoms with Gasteiger partial charge in [-0.05, 0) is 31.9 Å². The number of hydrogen-bond acceptors (Lipinski definition) is 4. The molecule has 0 aliphatic carbocycles. The summed E-state index contributed by atoms with van der Waals surface area (Å²) in [6, 6.07) is 7.09. The molecular weight excluding hydrogens is 318 g/mol. The Morgan fingerprint density at radius 3 is 2.68 bits per heavy atom. The number of benzene rings is 1. The highest BCUT2D eigenvalue weighted by molar-refractivity contribution is 6.04. The van der Waals surface area contributed by atoms with Crippen molar-refractivity contribution in [1.29, 1.82) is 0 Å². The van der Waals surface area contributed by atoms with Crippen LogP contribution in [0.1, 0.15) is 38.1 Å². The Hall–Kier alpha value is -1.92. The molecule has 1 aromatic rings. The SMILES string of the molecule is CC(C)CNC(=O)c1ccccc1NC(=O)CN1CCOC(C)(C)C1. The summed E-state index contributed by atoms with van der Waals surface area (Å²) >= 11 is 0. The van der Waals surface area contributed by atoms with Gasteiger partial charge in [-0.25, -0.2) is 0 Å². The first kappa shape index (κ1) is 19.4. The summed E-state index contributed by atoms with van der Waals surface area (Å²) in [5.41, 5.74) is 0.785. The van der Waals surface area contributed by atoms with Gasteiger partial charge in [0.2, 0.25) is 5.91 Å². The second kappa shape index (κ2) is 8.45. The van der Waals surface area contributed by atoms with Gasteiger partial charge in [0.1, 0.15) is 0 Å². The predicted molar refractivity (Wildman–Crippen MR) is 98.7 cm³/mol. The lowest BCUT2D eigenvalue weighted by Gasteiger charge is -2.37. The van der Waals surface area contributed by atoms with Crippen LogP contribution in [-0.4, -0.2) is 55.1 Å². The fourth-order valence-corrected chi connectivity index (χ4v) is 2.82. The fraction of sp³-hybridized carbons (Fsp3) is 0.579. The van der Waals surface area contributed by atoms with Gasteiger partial charge in [-0.2, -0.15) is 0 Å². The molecule has 0 saturated carbocycles. The Kier molecular flexibility index (Phi) is 6.56. The molecule has 0 aromatic heterocycles. The molecule has 0 bridgehead atoms. The maximum atomic E-state index is 12.4. The Morgan fingerprint density at radius 2 is 2.00 bits per heavy atom. The van der Waals surface area contributed by atoms with E-state index in [-0.39, 0.29) is 24.0 Å². The number of anilines is 1. The van der Waals surface area contributed by atoms with Crippen LogP contribution in [0.4, 0.5) is 5.69 Å². The van der Waals surface area contributed by atoms with Crippen LogP contribution in [0.5, 0.6) is 0 Å². The number of carbonyl (C=O) groups excluding carboxylic acids is 2. The van der Waals surface area contributed by atoms with Crippen LogP contribution in [0.2, 0.25) is 0 Å². The van der Waals surface area contributed by atoms with E-state index in [1.807, 2.05) is 33.8 Å². The van der Waals surface area contributed by atoms with Crippen LogP contribution < -0.4 is 10.6 Å². The number of nitrogens with zero attached hydrogens (tertiary/aromatic N) is 1. The third-order valence-corrected chi connectivity index (χ3v) is 3.99. The van der Waals surface area contributed by atoms with Gasteiger partial charge in [-0.1, -0.05) is 26.0 Å². The number of hydrogen-bond donors (Lipinski definition) is 2. The molecule has 1 fully saturated rings. The standard InChI is InChI=1S/C19H29N3O3/c1-14(2)11-20-18(24)15-7-5-6-8-16(15)21-17(23)12-22-9-10-25-19(3,4)13-22/h5-8,14H,9-13H2,1-4H3,(H,20,24)(H,21,23). The third-order valence-electron chi connectivity index (χ3n) is 3.99. The third kappa shape index (κ3) is 6.14. The van der Waals surface area contributed by atoms with Gasteiger partial charge >= 0.3 is 0 Å². The summed E-state index contributed by atoms with van der Waals surface area (Å²) in [5, 5.41) is 5.76. The molecule has 1 aliphatic rings. The first-order chi connectivity index (χ1) is 11.8. The lowest BCUT2D eigenvalue weighted by Crippen LogP contribution is -2.50. The molecule has 1 saturated heterocycles. The Morgan fingerprint density at radius 1 is 1.28 bits per heavy atom. The van der Waals surface area contributed by atoms with E-state index in [9.17, 15) is 9.59 Å². The molecule has 0 unspecified atom stereocenters. The Bertz CT molecular complexity index is 614. The zero-order valence-corrected chi connectivity index (χ0v) is 15.6. The van der Waals surface area contributed by atoms with Crippen LogP contribution in [0.25, 0.3) is 0 Å². The molecule has 1 aromatic carbocycles. The monoisotopic (exact) mass is 347 g/mol. The molecular formula is C19H29N3O3. The number of amides is 2. The molecule has 25 heavy (non-hydrogen) atoms. The highest BCUT2D eigenvalue weighted by Crippen LogP contribution is 2.18. The predicted octanol–water partition coefficient (Wildman–Crippen LogP) is 2.12. The molecule has 0 spiro atoms. The van der Waals surface area contributed by atoms with E-state index in [4.69, 9.17) is 4.74 Å². The van der Waals surface area contributed by atoms with Crippen molar-refractivity contribution in [2.45, 2.75) is 33.3 Å². The van der Waals surface area contributed by atoms with Crippen LogP contribution in [0.3, 0.4) is 0 Å². The van der Waals surface area contributed by atoms with Crippen molar-refractivity contribution in [2.24, 2.45) is 5.92 Å². The maximum absolute atomic E-state index is 12.4. The molecule has 2 rings (SSSR count). The summed E-state index contributed by atoms with van der Waals surface area (Å²) in [6.45, 7) is 11.1. The zero-order chi connectivity index (χ0) is 18.4. The quantitative estimate of drug-likeness (QED) is 0.827. The lowest BCUT2D eigenvalue weighted by molar-refractivity contribution is -0.122. The van der Waals surface area contributed by atoms with Gasteiger partial charge in [-0.15, -0.1) is 0 Å². The number of rotatable bonds is 6. The average molecular weight is 347 g/mol. The molecule has 6 nitrogen and oxygen atoms in total. The number of para-hydroxylation sites is 1. The highest BCUT2D eigenvalue weighted by Gasteiger charge is 2.28. The molecule has 6 heteroatoms. The largest absolute Gasteiger partial charge is 0.373 e. The van der Waals surface area contributed by atoms with E-state index in [2.05, 4.69) is 15.5 Å². The molecule has 1 aliphatic heterocycles. The average Bonchev–Trinajstić information content (AvgIpc) is 2.52. The smallest absolute Gasteiger partial charge is 0.253 e. The van der Waals surface area contributed by atoms with E-state index in [0.717, 1.165) is 6.54 Å². The second-order valence-electron chi connectivity index (χ2n) is 7.52. The molecule has 138 valence electrons. The van der Waals surface area contributed by atoms with Gasteiger partial charge in [0.05, 0.1) is 30.0 Å². The zero-order valence-electron chi connectivity index (χ0n) is 15.6. The van der Waals surface area contributed by atoms with Crippen molar-refractivity contribution in [3.8, 4) is 0 Å².